The van der Waals surface area contributed by atoms with E-state index in [2.05, 4.69) is 15.3 Å². The van der Waals surface area contributed by atoms with Crippen molar-refractivity contribution < 1.29 is 9.53 Å². The maximum absolute atomic E-state index is 11.6. The number of likely N-dealkylation sites (N-methyl/N-ethyl adjacent to an activating group) is 1. The van der Waals surface area contributed by atoms with Gasteiger partial charge in [-0.2, -0.15) is 0 Å². The molecule has 0 aromatic carbocycles. The van der Waals surface area contributed by atoms with Gasteiger partial charge in [0.15, 0.2) is 5.82 Å². The van der Waals surface area contributed by atoms with E-state index in [1.165, 1.54) is 7.11 Å². The fourth-order valence-corrected chi connectivity index (χ4v) is 1.38. The first-order valence-electron chi connectivity index (χ1n) is 5.40. The summed E-state index contributed by atoms with van der Waals surface area (Å²) in [6.07, 6.45) is 3.11. The molecule has 0 aliphatic carbocycles. The van der Waals surface area contributed by atoms with Crippen LogP contribution < -0.4 is 15.0 Å². The van der Waals surface area contributed by atoms with E-state index in [1.807, 2.05) is 13.8 Å². The summed E-state index contributed by atoms with van der Waals surface area (Å²) < 4.78 is 5.08. The summed E-state index contributed by atoms with van der Waals surface area (Å²) in [6.45, 7) is 4.05. The first-order chi connectivity index (χ1) is 8.04. The molecule has 0 spiro atoms. The van der Waals surface area contributed by atoms with E-state index in [1.54, 1.807) is 24.3 Å². The van der Waals surface area contributed by atoms with Crippen LogP contribution in [-0.4, -0.2) is 42.6 Å². The normalized spacial score (nSPS) is 10.2. The van der Waals surface area contributed by atoms with Gasteiger partial charge in [-0.3, -0.25) is 4.79 Å². The maximum atomic E-state index is 11.6. The van der Waals surface area contributed by atoms with Gasteiger partial charge in [-0.15, -0.1) is 0 Å². The number of amides is 1. The lowest BCUT2D eigenvalue weighted by Gasteiger charge is -2.19. The minimum absolute atomic E-state index is 0.0600. The van der Waals surface area contributed by atoms with Crippen molar-refractivity contribution >= 4 is 11.7 Å². The Labute approximate surface area is 101 Å². The zero-order valence-electron chi connectivity index (χ0n) is 10.6. The van der Waals surface area contributed by atoms with Crippen LogP contribution in [-0.2, 0) is 4.79 Å². The molecule has 17 heavy (non-hydrogen) atoms. The average molecular weight is 238 g/mol. The van der Waals surface area contributed by atoms with Gasteiger partial charge in [0.05, 0.1) is 13.7 Å². The van der Waals surface area contributed by atoms with E-state index >= 15 is 0 Å². The fraction of sp³-hybridized carbons (Fsp3) is 0.545. The summed E-state index contributed by atoms with van der Waals surface area (Å²) >= 11 is 0. The van der Waals surface area contributed by atoms with Crippen LogP contribution in [0.1, 0.15) is 13.8 Å². The Morgan fingerprint density at radius 2 is 2.12 bits per heavy atom. The Hall–Kier alpha value is -1.85. The van der Waals surface area contributed by atoms with Gasteiger partial charge in [0.2, 0.25) is 5.91 Å². The second kappa shape index (κ2) is 6.03. The van der Waals surface area contributed by atoms with Gasteiger partial charge in [-0.05, 0) is 13.8 Å². The topological polar surface area (TPSA) is 67.4 Å². The molecule has 0 aliphatic heterocycles. The molecule has 1 amide bonds. The molecule has 0 bridgehead atoms. The zero-order valence-corrected chi connectivity index (χ0v) is 10.6. The molecule has 0 saturated heterocycles. The van der Waals surface area contributed by atoms with Crippen molar-refractivity contribution in [1.82, 2.24) is 15.3 Å². The van der Waals surface area contributed by atoms with Gasteiger partial charge in [0, 0.05) is 25.5 Å². The van der Waals surface area contributed by atoms with E-state index in [4.69, 9.17) is 4.74 Å². The van der Waals surface area contributed by atoms with Crippen LogP contribution >= 0.6 is 0 Å². The van der Waals surface area contributed by atoms with Gasteiger partial charge in [-0.1, -0.05) is 0 Å². The summed E-state index contributed by atoms with van der Waals surface area (Å²) in [5, 5.41) is 2.81. The molecule has 1 rings (SSSR count). The summed E-state index contributed by atoms with van der Waals surface area (Å²) in [4.78, 5) is 21.5. The van der Waals surface area contributed by atoms with E-state index in [0.29, 0.717) is 11.7 Å². The van der Waals surface area contributed by atoms with Crippen molar-refractivity contribution in [2.45, 2.75) is 19.9 Å². The van der Waals surface area contributed by atoms with Gasteiger partial charge in [-0.25, -0.2) is 9.97 Å². The Balaban J connectivity index is 2.69. The quantitative estimate of drug-likeness (QED) is 0.806. The van der Waals surface area contributed by atoms with Crippen LogP contribution in [0.4, 0.5) is 5.82 Å². The lowest BCUT2D eigenvalue weighted by atomic mass is 10.4. The molecule has 6 nitrogen and oxygen atoms in total. The number of methoxy groups -OCH3 is 1. The van der Waals surface area contributed by atoms with Crippen LogP contribution in [0.25, 0.3) is 0 Å². The lowest BCUT2D eigenvalue weighted by molar-refractivity contribution is -0.120. The first-order valence-corrected chi connectivity index (χ1v) is 5.40. The SMILES string of the molecule is COc1nccnc1N(C)CC(=O)NC(C)C. The molecule has 1 aromatic heterocycles. The second-order valence-electron chi connectivity index (χ2n) is 3.97. The van der Waals surface area contributed by atoms with Crippen LogP contribution in [0.15, 0.2) is 12.4 Å². The maximum Gasteiger partial charge on any atom is 0.257 e. The molecule has 0 radical (unpaired) electrons. The van der Waals surface area contributed by atoms with Gasteiger partial charge < -0.3 is 15.0 Å². The fourth-order valence-electron chi connectivity index (χ4n) is 1.38. The summed E-state index contributed by atoms with van der Waals surface area (Å²) in [6, 6.07) is 0.125. The molecule has 6 heteroatoms. The monoisotopic (exact) mass is 238 g/mol. The highest BCUT2D eigenvalue weighted by molar-refractivity contribution is 5.81. The van der Waals surface area contributed by atoms with Gasteiger partial charge in [0.1, 0.15) is 0 Å². The van der Waals surface area contributed by atoms with Crippen molar-refractivity contribution in [1.29, 1.82) is 0 Å². The third-order valence-corrected chi connectivity index (χ3v) is 2.03. The van der Waals surface area contributed by atoms with Crippen LogP contribution in [0.5, 0.6) is 5.88 Å². The zero-order chi connectivity index (χ0) is 12.8. The molecule has 0 fully saturated rings. The molecule has 0 atom stereocenters. The van der Waals surface area contributed by atoms with Crippen LogP contribution in [0, 0.1) is 0 Å². The Kier molecular flexibility index (Phi) is 4.68. The molecule has 0 aliphatic rings. The number of nitrogens with one attached hydrogen (secondary N) is 1. The number of nitrogens with zero attached hydrogens (tertiary/aromatic N) is 3. The van der Waals surface area contributed by atoms with Crippen molar-refractivity contribution in [2.24, 2.45) is 0 Å². The number of aromatic nitrogens is 2. The molecule has 0 saturated carbocycles. The molecule has 94 valence electrons. The summed E-state index contributed by atoms with van der Waals surface area (Å²) in [5.74, 6) is 0.899. The summed E-state index contributed by atoms with van der Waals surface area (Å²) in [7, 11) is 3.29. The highest BCUT2D eigenvalue weighted by Crippen LogP contribution is 2.19. The van der Waals surface area contributed by atoms with Crippen molar-refractivity contribution in [2.75, 3.05) is 25.6 Å². The van der Waals surface area contributed by atoms with Crippen LogP contribution in [0.2, 0.25) is 0 Å². The second-order valence-corrected chi connectivity index (χ2v) is 3.97. The molecular weight excluding hydrogens is 220 g/mol. The molecule has 1 aromatic rings. The Morgan fingerprint density at radius 3 is 2.71 bits per heavy atom. The predicted octanol–water partition coefficient (Wildman–Crippen LogP) is 0.446. The van der Waals surface area contributed by atoms with Gasteiger partial charge >= 0.3 is 0 Å². The van der Waals surface area contributed by atoms with Crippen LogP contribution in [0.3, 0.4) is 0 Å². The number of hydrogen-bond acceptors (Lipinski definition) is 5. The van der Waals surface area contributed by atoms with Crippen molar-refractivity contribution in [3.8, 4) is 5.88 Å². The van der Waals surface area contributed by atoms with Crippen molar-refractivity contribution in [3.05, 3.63) is 12.4 Å². The molecule has 1 heterocycles. The third kappa shape index (κ3) is 3.90. The standard InChI is InChI=1S/C11H18N4O2/c1-8(2)14-9(16)7-15(3)10-11(17-4)13-6-5-12-10/h5-6,8H,7H2,1-4H3,(H,14,16). The minimum atomic E-state index is -0.0600. The Morgan fingerprint density at radius 1 is 1.47 bits per heavy atom. The molecular formula is C11H18N4O2. The number of rotatable bonds is 5. The number of carbonyl (C=O) groups is 1. The number of carbonyl (C=O) groups excluding carboxylic acids is 1. The smallest absolute Gasteiger partial charge is 0.257 e. The predicted molar refractivity (Wildman–Crippen MR) is 65.1 cm³/mol. The highest BCUT2D eigenvalue weighted by Gasteiger charge is 2.14. The van der Waals surface area contributed by atoms with E-state index in [-0.39, 0.29) is 18.5 Å². The molecule has 0 unspecified atom stereocenters. The Bertz CT molecular complexity index is 381. The first kappa shape index (κ1) is 13.2. The largest absolute Gasteiger partial charge is 0.478 e. The number of hydrogen-bond donors (Lipinski definition) is 1. The lowest BCUT2D eigenvalue weighted by Crippen LogP contribution is -2.39. The minimum Gasteiger partial charge on any atom is -0.478 e. The average Bonchev–Trinajstić information content (AvgIpc) is 2.27. The number of anilines is 1. The summed E-state index contributed by atoms with van der Waals surface area (Å²) in [5.41, 5.74) is 0. The third-order valence-electron chi connectivity index (χ3n) is 2.03. The van der Waals surface area contributed by atoms with Crippen molar-refractivity contribution in [3.63, 3.8) is 0 Å². The molecule has 1 N–H and O–H groups in total. The van der Waals surface area contributed by atoms with Gasteiger partial charge in [0.25, 0.3) is 5.88 Å². The van der Waals surface area contributed by atoms with E-state index in [9.17, 15) is 4.79 Å². The number of ether oxygens (including phenoxy) is 1. The van der Waals surface area contributed by atoms with E-state index in [0.717, 1.165) is 0 Å². The van der Waals surface area contributed by atoms with E-state index < -0.39 is 0 Å². The highest BCUT2D eigenvalue weighted by atomic mass is 16.5.